The molecule has 0 radical (unpaired) electrons. The average molecular weight is 278 g/mol. The van der Waals surface area contributed by atoms with Crippen LogP contribution in [0.15, 0.2) is 18.2 Å². The summed E-state index contributed by atoms with van der Waals surface area (Å²) in [5.41, 5.74) is -0.0236. The van der Waals surface area contributed by atoms with E-state index in [-0.39, 0.29) is 17.4 Å². The monoisotopic (exact) mass is 278 g/mol. The zero-order chi connectivity index (χ0) is 14.8. The van der Waals surface area contributed by atoms with E-state index in [0.29, 0.717) is 0 Å². The molecule has 0 atom stereocenters. The van der Waals surface area contributed by atoms with Gasteiger partial charge in [0.15, 0.2) is 5.69 Å². The Morgan fingerprint density at radius 2 is 2.00 bits per heavy atom. The number of aromatic carboxylic acids is 1. The minimum atomic E-state index is -0.988. The van der Waals surface area contributed by atoms with E-state index in [9.17, 15) is 4.79 Å². The second-order valence-corrected chi connectivity index (χ2v) is 6.10. The Morgan fingerprint density at radius 1 is 1.35 bits per heavy atom. The molecule has 0 aliphatic carbocycles. The van der Waals surface area contributed by atoms with Gasteiger partial charge < -0.3 is 14.7 Å². The topological polar surface area (TPSA) is 62.7 Å². The van der Waals surface area contributed by atoms with Gasteiger partial charge in [-0.1, -0.05) is 6.07 Å². The number of carboxylic acid groups (broad SMARTS) is 1. The lowest BCUT2D eigenvalue weighted by Gasteiger charge is -2.36. The molecule has 0 bridgehead atoms. The summed E-state index contributed by atoms with van der Waals surface area (Å²) in [6, 6.07) is 5.11. The van der Waals surface area contributed by atoms with Crippen molar-refractivity contribution >= 4 is 11.8 Å². The van der Waals surface area contributed by atoms with Crippen molar-refractivity contribution in [1.29, 1.82) is 0 Å². The molecule has 0 saturated carbocycles. The second-order valence-electron chi connectivity index (χ2n) is 6.10. The third kappa shape index (κ3) is 3.93. The summed E-state index contributed by atoms with van der Waals surface area (Å²) in [5, 5.41) is 8.98. The SMILES string of the molecule is CC(C)(C)OC1CCN(c2cccc(C(=O)O)n2)CC1. The van der Waals surface area contributed by atoms with E-state index in [0.717, 1.165) is 31.7 Å². The van der Waals surface area contributed by atoms with Gasteiger partial charge in [-0.3, -0.25) is 0 Å². The Balaban J connectivity index is 1.97. The molecule has 2 heterocycles. The van der Waals surface area contributed by atoms with Crippen molar-refractivity contribution in [3.05, 3.63) is 23.9 Å². The maximum absolute atomic E-state index is 10.9. The van der Waals surface area contributed by atoms with E-state index >= 15 is 0 Å². The molecule has 1 aliphatic heterocycles. The van der Waals surface area contributed by atoms with E-state index in [1.165, 1.54) is 6.07 Å². The van der Waals surface area contributed by atoms with Crippen molar-refractivity contribution < 1.29 is 14.6 Å². The van der Waals surface area contributed by atoms with E-state index in [1.807, 2.05) is 6.07 Å². The first-order chi connectivity index (χ1) is 9.35. The lowest BCUT2D eigenvalue weighted by Crippen LogP contribution is -2.40. The number of anilines is 1. The zero-order valence-corrected chi connectivity index (χ0v) is 12.3. The molecule has 1 aromatic heterocycles. The number of carboxylic acids is 1. The number of piperidine rings is 1. The lowest BCUT2D eigenvalue weighted by atomic mass is 10.1. The van der Waals surface area contributed by atoms with Crippen LogP contribution < -0.4 is 4.90 Å². The molecular weight excluding hydrogens is 256 g/mol. The maximum atomic E-state index is 10.9. The molecule has 0 aromatic carbocycles. The molecule has 110 valence electrons. The maximum Gasteiger partial charge on any atom is 0.354 e. The molecule has 0 amide bonds. The molecule has 5 heteroatoms. The largest absolute Gasteiger partial charge is 0.477 e. The first-order valence-electron chi connectivity index (χ1n) is 6.98. The van der Waals surface area contributed by atoms with Gasteiger partial charge in [0.1, 0.15) is 5.82 Å². The van der Waals surface area contributed by atoms with Crippen molar-refractivity contribution in [2.45, 2.75) is 45.3 Å². The molecule has 1 saturated heterocycles. The predicted octanol–water partition coefficient (Wildman–Crippen LogP) is 2.56. The van der Waals surface area contributed by atoms with Gasteiger partial charge >= 0.3 is 5.97 Å². The van der Waals surface area contributed by atoms with E-state index < -0.39 is 5.97 Å². The number of rotatable bonds is 3. The third-order valence-electron chi connectivity index (χ3n) is 3.24. The standard InChI is InChI=1S/C15H22N2O3/c1-15(2,3)20-11-7-9-17(10-8-11)13-6-4-5-12(16-13)14(18)19/h4-6,11H,7-10H2,1-3H3,(H,18,19). The van der Waals surface area contributed by atoms with Crippen molar-refractivity contribution in [2.75, 3.05) is 18.0 Å². The summed E-state index contributed by atoms with van der Waals surface area (Å²) in [4.78, 5) is 17.2. The minimum absolute atomic E-state index is 0.0931. The lowest BCUT2D eigenvalue weighted by molar-refractivity contribution is -0.0683. The fraction of sp³-hybridized carbons (Fsp3) is 0.600. The van der Waals surface area contributed by atoms with Crippen molar-refractivity contribution in [2.24, 2.45) is 0 Å². The number of pyridine rings is 1. The quantitative estimate of drug-likeness (QED) is 0.920. The molecule has 1 fully saturated rings. The predicted molar refractivity (Wildman–Crippen MR) is 77.3 cm³/mol. The third-order valence-corrected chi connectivity index (χ3v) is 3.24. The van der Waals surface area contributed by atoms with Crippen LogP contribution in [0, 0.1) is 0 Å². The molecule has 1 aliphatic rings. The van der Waals surface area contributed by atoms with Crippen LogP contribution in [0.3, 0.4) is 0 Å². The van der Waals surface area contributed by atoms with Crippen LogP contribution in [0.4, 0.5) is 5.82 Å². The molecule has 2 rings (SSSR count). The Kier molecular flexibility index (Phi) is 4.28. The van der Waals surface area contributed by atoms with Gasteiger partial charge in [-0.05, 0) is 45.7 Å². The first kappa shape index (κ1) is 14.8. The normalized spacial score (nSPS) is 17.2. The fourth-order valence-corrected chi connectivity index (χ4v) is 2.42. The van der Waals surface area contributed by atoms with Crippen LogP contribution in [0.5, 0.6) is 0 Å². The van der Waals surface area contributed by atoms with Crippen molar-refractivity contribution in [3.63, 3.8) is 0 Å². The second kappa shape index (κ2) is 5.79. The summed E-state index contributed by atoms with van der Waals surface area (Å²) in [7, 11) is 0. The highest BCUT2D eigenvalue weighted by Crippen LogP contribution is 2.23. The first-order valence-corrected chi connectivity index (χ1v) is 6.98. The van der Waals surface area contributed by atoms with E-state index in [4.69, 9.17) is 9.84 Å². The Labute approximate surface area is 119 Å². The average Bonchev–Trinajstić information content (AvgIpc) is 2.38. The van der Waals surface area contributed by atoms with Crippen molar-refractivity contribution in [3.8, 4) is 0 Å². The number of hydrogen-bond acceptors (Lipinski definition) is 4. The Hall–Kier alpha value is -1.62. The summed E-state index contributed by atoms with van der Waals surface area (Å²) < 4.78 is 5.98. The highest BCUT2D eigenvalue weighted by Gasteiger charge is 2.25. The minimum Gasteiger partial charge on any atom is -0.477 e. The number of carbonyl (C=O) groups is 1. The van der Waals surface area contributed by atoms with Crippen LogP contribution >= 0.6 is 0 Å². The summed E-state index contributed by atoms with van der Waals surface area (Å²) in [5.74, 6) is -0.253. The molecule has 5 nitrogen and oxygen atoms in total. The van der Waals surface area contributed by atoms with Gasteiger partial charge in [-0.15, -0.1) is 0 Å². The Morgan fingerprint density at radius 3 is 2.55 bits per heavy atom. The zero-order valence-electron chi connectivity index (χ0n) is 12.3. The van der Waals surface area contributed by atoms with Gasteiger partial charge in [0.05, 0.1) is 11.7 Å². The molecular formula is C15H22N2O3. The molecule has 1 aromatic rings. The molecule has 0 spiro atoms. The van der Waals surface area contributed by atoms with Gasteiger partial charge in [0.25, 0.3) is 0 Å². The van der Waals surface area contributed by atoms with E-state index in [1.54, 1.807) is 6.07 Å². The van der Waals surface area contributed by atoms with Crippen LogP contribution in [0.25, 0.3) is 0 Å². The number of hydrogen-bond donors (Lipinski definition) is 1. The molecule has 1 N–H and O–H groups in total. The highest BCUT2D eigenvalue weighted by molar-refractivity contribution is 5.85. The number of nitrogens with zero attached hydrogens (tertiary/aromatic N) is 2. The Bertz CT molecular complexity index is 474. The van der Waals surface area contributed by atoms with Gasteiger partial charge in [0.2, 0.25) is 0 Å². The number of ether oxygens (including phenoxy) is 1. The van der Waals surface area contributed by atoms with Crippen LogP contribution in [-0.4, -0.2) is 40.9 Å². The van der Waals surface area contributed by atoms with Crippen LogP contribution in [0.1, 0.15) is 44.1 Å². The smallest absolute Gasteiger partial charge is 0.354 e. The van der Waals surface area contributed by atoms with E-state index in [2.05, 4.69) is 30.7 Å². The molecule has 0 unspecified atom stereocenters. The number of aromatic nitrogens is 1. The van der Waals surface area contributed by atoms with Crippen LogP contribution in [0.2, 0.25) is 0 Å². The van der Waals surface area contributed by atoms with Gasteiger partial charge in [0, 0.05) is 13.1 Å². The van der Waals surface area contributed by atoms with Crippen LogP contribution in [-0.2, 0) is 4.74 Å². The van der Waals surface area contributed by atoms with Crippen molar-refractivity contribution in [1.82, 2.24) is 4.98 Å². The van der Waals surface area contributed by atoms with Gasteiger partial charge in [-0.25, -0.2) is 9.78 Å². The summed E-state index contributed by atoms with van der Waals surface area (Å²) in [6.45, 7) is 7.89. The highest BCUT2D eigenvalue weighted by atomic mass is 16.5. The van der Waals surface area contributed by atoms with Gasteiger partial charge in [-0.2, -0.15) is 0 Å². The summed E-state index contributed by atoms with van der Waals surface area (Å²) >= 11 is 0. The summed E-state index contributed by atoms with van der Waals surface area (Å²) in [6.07, 6.45) is 2.15. The molecule has 20 heavy (non-hydrogen) atoms. The fourth-order valence-electron chi connectivity index (χ4n) is 2.42.